The number of amides is 2. The van der Waals surface area contributed by atoms with Crippen LogP contribution in [0, 0.1) is 11.7 Å². The van der Waals surface area contributed by atoms with E-state index < -0.39 is 5.82 Å². The number of carbonyl (C=O) groups excluding carboxylic acids is 2. The SMILES string of the molecule is Cl.O=C(CN1CCCC(CNC(=O)C2CCCN2)C1)Nc1ccc(F)c(Cl)c1. The molecule has 2 aliphatic heterocycles. The molecule has 6 nitrogen and oxygen atoms in total. The minimum absolute atomic E-state index is 0. The lowest BCUT2D eigenvalue weighted by molar-refractivity contribution is -0.123. The monoisotopic (exact) mass is 432 g/mol. The summed E-state index contributed by atoms with van der Waals surface area (Å²) >= 11 is 5.74. The molecule has 3 rings (SSSR count). The summed E-state index contributed by atoms with van der Waals surface area (Å²) in [7, 11) is 0. The number of carbonyl (C=O) groups is 2. The van der Waals surface area contributed by atoms with Crippen molar-refractivity contribution in [2.24, 2.45) is 5.92 Å². The summed E-state index contributed by atoms with van der Waals surface area (Å²) < 4.78 is 13.2. The molecule has 2 aliphatic rings. The van der Waals surface area contributed by atoms with Gasteiger partial charge in [0.25, 0.3) is 0 Å². The summed E-state index contributed by atoms with van der Waals surface area (Å²) in [5, 5.41) is 8.98. The Balaban J connectivity index is 0.00000280. The van der Waals surface area contributed by atoms with Crippen LogP contribution in [0.5, 0.6) is 0 Å². The number of nitrogens with one attached hydrogen (secondary N) is 3. The van der Waals surface area contributed by atoms with Gasteiger partial charge < -0.3 is 16.0 Å². The average molecular weight is 433 g/mol. The van der Waals surface area contributed by atoms with Crippen LogP contribution in [0.2, 0.25) is 5.02 Å². The molecule has 3 N–H and O–H groups in total. The molecular formula is C19H27Cl2FN4O2. The van der Waals surface area contributed by atoms with Gasteiger partial charge in [-0.3, -0.25) is 14.5 Å². The first-order valence-corrected chi connectivity index (χ1v) is 9.87. The molecule has 2 heterocycles. The average Bonchev–Trinajstić information content (AvgIpc) is 3.18. The van der Waals surface area contributed by atoms with Gasteiger partial charge in [-0.25, -0.2) is 4.39 Å². The van der Waals surface area contributed by atoms with Gasteiger partial charge in [0.05, 0.1) is 17.6 Å². The minimum Gasteiger partial charge on any atom is -0.354 e. The maximum atomic E-state index is 13.2. The fourth-order valence-corrected chi connectivity index (χ4v) is 3.90. The van der Waals surface area contributed by atoms with Crippen molar-refractivity contribution in [3.63, 3.8) is 0 Å². The zero-order chi connectivity index (χ0) is 19.2. The molecule has 0 aromatic heterocycles. The summed E-state index contributed by atoms with van der Waals surface area (Å²) in [5.74, 6) is -0.242. The van der Waals surface area contributed by atoms with Crippen molar-refractivity contribution in [3.05, 3.63) is 29.0 Å². The molecule has 2 amide bonds. The van der Waals surface area contributed by atoms with Gasteiger partial charge >= 0.3 is 0 Å². The van der Waals surface area contributed by atoms with Crippen LogP contribution in [-0.2, 0) is 9.59 Å². The second-order valence-electron chi connectivity index (χ2n) is 7.31. The first kappa shape index (κ1) is 22.9. The van der Waals surface area contributed by atoms with Crippen LogP contribution in [0.1, 0.15) is 25.7 Å². The molecule has 1 aromatic rings. The molecule has 156 valence electrons. The fourth-order valence-electron chi connectivity index (χ4n) is 3.72. The highest BCUT2D eigenvalue weighted by Gasteiger charge is 2.25. The van der Waals surface area contributed by atoms with E-state index in [4.69, 9.17) is 11.6 Å². The second kappa shape index (κ2) is 11.0. The highest BCUT2D eigenvalue weighted by atomic mass is 35.5. The molecule has 0 aliphatic carbocycles. The van der Waals surface area contributed by atoms with E-state index in [9.17, 15) is 14.0 Å². The number of piperidine rings is 1. The summed E-state index contributed by atoms with van der Waals surface area (Å²) in [6, 6.07) is 4.07. The normalized spacial score (nSPS) is 22.4. The fraction of sp³-hybridized carbons (Fsp3) is 0.579. The van der Waals surface area contributed by atoms with Crippen LogP contribution >= 0.6 is 24.0 Å². The van der Waals surface area contributed by atoms with Crippen LogP contribution in [0.15, 0.2) is 18.2 Å². The molecule has 2 saturated heterocycles. The van der Waals surface area contributed by atoms with E-state index in [1.165, 1.54) is 18.2 Å². The Hall–Kier alpha value is -1.41. The van der Waals surface area contributed by atoms with Crippen molar-refractivity contribution >= 4 is 41.5 Å². The Kier molecular flexibility index (Phi) is 8.95. The Labute approximate surface area is 176 Å². The first-order valence-electron chi connectivity index (χ1n) is 9.49. The van der Waals surface area contributed by atoms with Crippen LogP contribution in [0.25, 0.3) is 0 Å². The van der Waals surface area contributed by atoms with E-state index in [0.29, 0.717) is 18.2 Å². The summed E-state index contributed by atoms with van der Waals surface area (Å²) in [6.07, 6.45) is 3.99. The zero-order valence-electron chi connectivity index (χ0n) is 15.7. The number of rotatable bonds is 6. The largest absolute Gasteiger partial charge is 0.354 e. The quantitative estimate of drug-likeness (QED) is 0.645. The molecule has 1 aromatic carbocycles. The molecule has 28 heavy (non-hydrogen) atoms. The third-order valence-corrected chi connectivity index (χ3v) is 5.41. The van der Waals surface area contributed by atoms with Crippen molar-refractivity contribution in [2.45, 2.75) is 31.7 Å². The molecular weight excluding hydrogens is 406 g/mol. The van der Waals surface area contributed by atoms with Crippen LogP contribution in [0.3, 0.4) is 0 Å². The van der Waals surface area contributed by atoms with Gasteiger partial charge in [-0.15, -0.1) is 12.4 Å². The predicted octanol–water partition coefficient (Wildman–Crippen LogP) is 2.42. The van der Waals surface area contributed by atoms with Crippen LogP contribution in [-0.4, -0.2) is 55.5 Å². The molecule has 0 saturated carbocycles. The van der Waals surface area contributed by atoms with Gasteiger partial charge in [0.2, 0.25) is 11.8 Å². The van der Waals surface area contributed by atoms with E-state index in [-0.39, 0.29) is 41.8 Å². The third kappa shape index (κ3) is 6.58. The Morgan fingerprint density at radius 1 is 1.29 bits per heavy atom. The lowest BCUT2D eigenvalue weighted by Crippen LogP contribution is -2.46. The summed E-state index contributed by atoms with van der Waals surface area (Å²) in [5.41, 5.74) is 0.483. The predicted molar refractivity (Wildman–Crippen MR) is 110 cm³/mol. The molecule has 9 heteroatoms. The number of benzene rings is 1. The third-order valence-electron chi connectivity index (χ3n) is 5.12. The Morgan fingerprint density at radius 3 is 2.82 bits per heavy atom. The topological polar surface area (TPSA) is 73.5 Å². The van der Waals surface area contributed by atoms with Crippen LogP contribution in [0.4, 0.5) is 10.1 Å². The van der Waals surface area contributed by atoms with E-state index in [2.05, 4.69) is 20.9 Å². The zero-order valence-corrected chi connectivity index (χ0v) is 17.3. The van der Waals surface area contributed by atoms with E-state index in [1.807, 2.05) is 0 Å². The van der Waals surface area contributed by atoms with E-state index >= 15 is 0 Å². The van der Waals surface area contributed by atoms with Gasteiger partial charge in [-0.05, 0) is 62.9 Å². The summed E-state index contributed by atoms with van der Waals surface area (Å²) in [4.78, 5) is 26.5. The standard InChI is InChI=1S/C19H26ClFN4O2.ClH/c20-15-9-14(5-6-16(15)21)24-18(26)12-25-8-2-3-13(11-25)10-23-19(27)17-4-1-7-22-17;/h5-6,9,13,17,22H,1-4,7-8,10-12H2,(H,23,27)(H,24,26);1H. The Bertz CT molecular complexity index is 686. The highest BCUT2D eigenvalue weighted by Crippen LogP contribution is 2.20. The molecule has 0 bridgehead atoms. The molecule has 2 atom stereocenters. The number of hydrogen-bond donors (Lipinski definition) is 3. The molecule has 0 spiro atoms. The van der Waals surface area contributed by atoms with Gasteiger partial charge in [-0.1, -0.05) is 11.6 Å². The maximum Gasteiger partial charge on any atom is 0.238 e. The highest BCUT2D eigenvalue weighted by molar-refractivity contribution is 6.31. The number of nitrogens with zero attached hydrogens (tertiary/aromatic N) is 1. The van der Waals surface area contributed by atoms with Gasteiger partial charge in [0.1, 0.15) is 5.82 Å². The maximum absolute atomic E-state index is 13.2. The number of hydrogen-bond acceptors (Lipinski definition) is 4. The van der Waals surface area contributed by atoms with E-state index in [1.54, 1.807) is 0 Å². The van der Waals surface area contributed by atoms with E-state index in [0.717, 1.165) is 45.3 Å². The van der Waals surface area contributed by atoms with Crippen molar-refractivity contribution in [2.75, 3.05) is 38.0 Å². The second-order valence-corrected chi connectivity index (χ2v) is 7.72. The lowest BCUT2D eigenvalue weighted by atomic mass is 9.98. The number of likely N-dealkylation sites (tertiary alicyclic amines) is 1. The van der Waals surface area contributed by atoms with Gasteiger partial charge in [-0.2, -0.15) is 0 Å². The van der Waals surface area contributed by atoms with Crippen molar-refractivity contribution in [1.82, 2.24) is 15.5 Å². The number of halogens is 3. The van der Waals surface area contributed by atoms with Gasteiger partial charge in [0, 0.05) is 18.8 Å². The molecule has 2 unspecified atom stereocenters. The van der Waals surface area contributed by atoms with Crippen molar-refractivity contribution in [3.8, 4) is 0 Å². The summed E-state index contributed by atoms with van der Waals surface area (Å²) in [6.45, 7) is 3.44. The minimum atomic E-state index is -0.511. The Morgan fingerprint density at radius 2 is 2.11 bits per heavy atom. The smallest absolute Gasteiger partial charge is 0.238 e. The first-order chi connectivity index (χ1) is 13.0. The number of anilines is 1. The molecule has 0 radical (unpaired) electrons. The van der Waals surface area contributed by atoms with Crippen molar-refractivity contribution in [1.29, 1.82) is 0 Å². The lowest BCUT2D eigenvalue weighted by Gasteiger charge is -2.32. The van der Waals surface area contributed by atoms with Gasteiger partial charge in [0.15, 0.2) is 0 Å². The van der Waals surface area contributed by atoms with Crippen molar-refractivity contribution < 1.29 is 14.0 Å². The molecule has 2 fully saturated rings. The van der Waals surface area contributed by atoms with Crippen LogP contribution < -0.4 is 16.0 Å².